The van der Waals surface area contributed by atoms with Gasteiger partial charge in [0.1, 0.15) is 0 Å². The van der Waals surface area contributed by atoms with Crippen molar-refractivity contribution >= 4 is 23.8 Å². The molecule has 0 bridgehead atoms. The molecule has 0 radical (unpaired) electrons. The average molecular weight is 294 g/mol. The fraction of sp³-hybridized carbons (Fsp3) is 0.222. The molecule has 0 unspecified atom stereocenters. The second-order valence-electron chi connectivity index (χ2n) is 4.79. The van der Waals surface area contributed by atoms with Crippen LogP contribution >= 0.6 is 0 Å². The molecule has 0 aliphatic rings. The van der Waals surface area contributed by atoms with Gasteiger partial charge in [0.15, 0.2) is 0 Å². The zero-order valence-corrected chi connectivity index (χ0v) is 13.1. The molecule has 4 heteroatoms. The van der Waals surface area contributed by atoms with E-state index in [4.69, 9.17) is 0 Å². The first kappa shape index (κ1) is 15.8. The van der Waals surface area contributed by atoms with Crippen LogP contribution in [-0.4, -0.2) is 25.5 Å². The van der Waals surface area contributed by atoms with Gasteiger partial charge in [-0.05, 0) is 49.2 Å². The minimum atomic E-state index is 0.921. The van der Waals surface area contributed by atoms with Crippen molar-refractivity contribution in [3.8, 4) is 0 Å². The lowest BCUT2D eigenvalue weighted by Gasteiger charge is -2.02. The summed E-state index contributed by atoms with van der Waals surface area (Å²) in [6.45, 7) is 6.00. The maximum atomic E-state index is 4.08. The van der Waals surface area contributed by atoms with Gasteiger partial charge in [-0.25, -0.2) is 0 Å². The highest BCUT2D eigenvalue weighted by atomic mass is 15.2. The molecule has 2 N–H and O–H groups in total. The first-order chi connectivity index (χ1) is 10.8. The van der Waals surface area contributed by atoms with Crippen molar-refractivity contribution in [2.75, 3.05) is 23.7 Å². The first-order valence-corrected chi connectivity index (χ1v) is 7.56. The van der Waals surface area contributed by atoms with Crippen LogP contribution in [0.15, 0.2) is 58.7 Å². The average Bonchev–Trinajstić information content (AvgIpc) is 2.55. The molecule has 22 heavy (non-hydrogen) atoms. The summed E-state index contributed by atoms with van der Waals surface area (Å²) in [6, 6.07) is 16.2. The Bertz CT molecular complexity index is 555. The highest BCUT2D eigenvalue weighted by Gasteiger charge is 1.91. The third kappa shape index (κ3) is 5.05. The Morgan fingerprint density at radius 1 is 0.682 bits per heavy atom. The van der Waals surface area contributed by atoms with E-state index in [1.54, 1.807) is 12.4 Å². The topological polar surface area (TPSA) is 48.8 Å². The number of benzene rings is 2. The molecule has 0 aliphatic carbocycles. The van der Waals surface area contributed by atoms with E-state index in [2.05, 4.69) is 34.7 Å². The number of rotatable bonds is 7. The first-order valence-electron chi connectivity index (χ1n) is 7.56. The minimum absolute atomic E-state index is 0.921. The van der Waals surface area contributed by atoms with Gasteiger partial charge < -0.3 is 10.6 Å². The minimum Gasteiger partial charge on any atom is -0.385 e. The highest BCUT2D eigenvalue weighted by Crippen LogP contribution is 2.08. The Kier molecular flexibility index (Phi) is 6.18. The van der Waals surface area contributed by atoms with Crippen LogP contribution in [0.2, 0.25) is 0 Å². The second kappa shape index (κ2) is 8.62. The van der Waals surface area contributed by atoms with Crippen molar-refractivity contribution < 1.29 is 0 Å². The summed E-state index contributed by atoms with van der Waals surface area (Å²) in [4.78, 5) is 0. The maximum Gasteiger partial charge on any atom is 0.0568 e. The van der Waals surface area contributed by atoms with E-state index in [-0.39, 0.29) is 0 Å². The zero-order valence-electron chi connectivity index (χ0n) is 13.1. The Labute approximate surface area is 132 Å². The standard InChI is InChI=1S/C18H22N4/c1-3-19-17-9-5-15(6-10-17)13-21-22-14-16-7-11-18(12-8-16)20-4-2/h5-14,19-20H,3-4H2,1-2H3/b21-13+,22-14+. The highest BCUT2D eigenvalue weighted by molar-refractivity contribution is 5.83. The van der Waals surface area contributed by atoms with Crippen molar-refractivity contribution in [2.45, 2.75) is 13.8 Å². The van der Waals surface area contributed by atoms with Crippen LogP contribution < -0.4 is 10.6 Å². The smallest absolute Gasteiger partial charge is 0.0568 e. The SMILES string of the molecule is CCNc1ccc(/C=N/N=C/c2ccc(NCC)cc2)cc1. The van der Waals surface area contributed by atoms with Crippen LogP contribution in [0.25, 0.3) is 0 Å². The van der Waals surface area contributed by atoms with E-state index in [1.807, 2.05) is 48.5 Å². The number of nitrogens with one attached hydrogen (secondary N) is 2. The summed E-state index contributed by atoms with van der Waals surface area (Å²) >= 11 is 0. The lowest BCUT2D eigenvalue weighted by atomic mass is 10.2. The van der Waals surface area contributed by atoms with Crippen molar-refractivity contribution in [2.24, 2.45) is 10.2 Å². The van der Waals surface area contributed by atoms with Crippen molar-refractivity contribution in [3.05, 3.63) is 59.7 Å². The predicted molar refractivity (Wildman–Crippen MR) is 96.4 cm³/mol. The molecule has 114 valence electrons. The van der Waals surface area contributed by atoms with Crippen LogP contribution in [0, 0.1) is 0 Å². The molecular formula is C18H22N4. The summed E-state index contributed by atoms with van der Waals surface area (Å²) < 4.78 is 0. The number of anilines is 2. The van der Waals surface area contributed by atoms with E-state index in [9.17, 15) is 0 Å². The van der Waals surface area contributed by atoms with Crippen molar-refractivity contribution in [1.29, 1.82) is 0 Å². The fourth-order valence-electron chi connectivity index (χ4n) is 1.98. The van der Waals surface area contributed by atoms with Gasteiger partial charge in [-0.15, -0.1) is 0 Å². The number of hydrogen-bond acceptors (Lipinski definition) is 4. The Morgan fingerprint density at radius 3 is 1.36 bits per heavy atom. The normalized spacial score (nSPS) is 11.2. The molecule has 0 aliphatic heterocycles. The van der Waals surface area contributed by atoms with Crippen LogP contribution in [0.5, 0.6) is 0 Å². The third-order valence-corrected chi connectivity index (χ3v) is 3.06. The molecule has 2 rings (SSSR count). The van der Waals surface area contributed by atoms with E-state index in [1.165, 1.54) is 0 Å². The summed E-state index contributed by atoms with van der Waals surface area (Å²) in [7, 11) is 0. The van der Waals surface area contributed by atoms with Gasteiger partial charge in [-0.1, -0.05) is 24.3 Å². The Hall–Kier alpha value is -2.62. The van der Waals surface area contributed by atoms with Gasteiger partial charge in [0, 0.05) is 24.5 Å². The summed E-state index contributed by atoms with van der Waals surface area (Å²) in [5.74, 6) is 0. The molecule has 0 atom stereocenters. The fourth-order valence-corrected chi connectivity index (χ4v) is 1.98. The third-order valence-electron chi connectivity index (χ3n) is 3.06. The van der Waals surface area contributed by atoms with Gasteiger partial charge in [0.05, 0.1) is 12.4 Å². The molecule has 0 spiro atoms. The number of nitrogens with zero attached hydrogens (tertiary/aromatic N) is 2. The van der Waals surface area contributed by atoms with E-state index < -0.39 is 0 Å². The van der Waals surface area contributed by atoms with Gasteiger partial charge in [0.25, 0.3) is 0 Å². The van der Waals surface area contributed by atoms with Crippen LogP contribution in [0.3, 0.4) is 0 Å². The van der Waals surface area contributed by atoms with Crippen LogP contribution in [0.4, 0.5) is 11.4 Å². The van der Waals surface area contributed by atoms with Gasteiger partial charge in [0.2, 0.25) is 0 Å². The Morgan fingerprint density at radius 2 is 1.05 bits per heavy atom. The summed E-state index contributed by atoms with van der Waals surface area (Å²) in [6.07, 6.45) is 3.50. The summed E-state index contributed by atoms with van der Waals surface area (Å²) in [5, 5.41) is 14.7. The molecular weight excluding hydrogens is 272 g/mol. The monoisotopic (exact) mass is 294 g/mol. The molecule has 0 aromatic heterocycles. The van der Waals surface area contributed by atoms with Crippen LogP contribution in [0.1, 0.15) is 25.0 Å². The molecule has 0 saturated carbocycles. The summed E-state index contributed by atoms with van der Waals surface area (Å²) in [5.41, 5.74) is 4.29. The Balaban J connectivity index is 1.90. The molecule has 2 aromatic rings. The lowest BCUT2D eigenvalue weighted by Crippen LogP contribution is -1.96. The van der Waals surface area contributed by atoms with E-state index in [0.717, 1.165) is 35.6 Å². The van der Waals surface area contributed by atoms with E-state index in [0.29, 0.717) is 0 Å². The van der Waals surface area contributed by atoms with Gasteiger partial charge in [-0.2, -0.15) is 10.2 Å². The van der Waals surface area contributed by atoms with Gasteiger partial charge >= 0.3 is 0 Å². The van der Waals surface area contributed by atoms with E-state index >= 15 is 0 Å². The molecule has 0 heterocycles. The van der Waals surface area contributed by atoms with Crippen molar-refractivity contribution in [1.82, 2.24) is 0 Å². The maximum absolute atomic E-state index is 4.08. The van der Waals surface area contributed by atoms with Gasteiger partial charge in [-0.3, -0.25) is 0 Å². The predicted octanol–water partition coefficient (Wildman–Crippen LogP) is 4.00. The number of hydrogen-bond donors (Lipinski definition) is 2. The van der Waals surface area contributed by atoms with Crippen molar-refractivity contribution in [3.63, 3.8) is 0 Å². The lowest BCUT2D eigenvalue weighted by molar-refractivity contribution is 1.21. The largest absolute Gasteiger partial charge is 0.385 e. The molecule has 4 nitrogen and oxygen atoms in total. The molecule has 2 aromatic carbocycles. The molecule has 0 amide bonds. The second-order valence-corrected chi connectivity index (χ2v) is 4.79. The molecule has 0 fully saturated rings. The molecule has 0 saturated heterocycles. The van der Waals surface area contributed by atoms with Crippen LogP contribution in [-0.2, 0) is 0 Å². The zero-order chi connectivity index (χ0) is 15.6. The quantitative estimate of drug-likeness (QED) is 0.599.